The van der Waals surface area contributed by atoms with Crippen LogP contribution in [0.15, 0.2) is 48.5 Å². The maximum absolute atomic E-state index is 11.8. The van der Waals surface area contributed by atoms with E-state index in [9.17, 15) is 9.90 Å². The Morgan fingerprint density at radius 2 is 1.88 bits per heavy atom. The number of methoxy groups -OCH3 is 1. The van der Waals surface area contributed by atoms with Crippen molar-refractivity contribution in [2.75, 3.05) is 7.11 Å². The number of carboxylic acid groups (broad SMARTS) is 1. The van der Waals surface area contributed by atoms with E-state index in [1.807, 2.05) is 48.5 Å². The van der Waals surface area contributed by atoms with Crippen molar-refractivity contribution in [3.8, 4) is 5.75 Å². The van der Waals surface area contributed by atoms with Gasteiger partial charge in [-0.15, -0.1) is 0 Å². The van der Waals surface area contributed by atoms with Crippen LogP contribution in [0.2, 0.25) is 0 Å². The lowest BCUT2D eigenvalue weighted by Gasteiger charge is -2.09. The summed E-state index contributed by atoms with van der Waals surface area (Å²) in [7, 11) is 1.64. The summed E-state index contributed by atoms with van der Waals surface area (Å²) in [5.74, 6) is -0.0770. The van der Waals surface area contributed by atoms with Gasteiger partial charge in [0, 0.05) is 5.39 Å². The number of benzene rings is 2. The third-order valence-electron chi connectivity index (χ3n) is 4.61. The van der Waals surface area contributed by atoms with Crippen LogP contribution in [0, 0.1) is 0 Å². The summed E-state index contributed by atoms with van der Waals surface area (Å²) in [4.78, 5) is 16.6. The molecule has 25 heavy (non-hydrogen) atoms. The smallest absolute Gasteiger partial charge is 0.336 e. The normalized spacial score (nSPS) is 14.7. The largest absolute Gasteiger partial charge is 0.497 e. The molecular weight excluding hydrogens is 314 g/mol. The minimum Gasteiger partial charge on any atom is -0.497 e. The molecule has 124 valence electrons. The molecule has 2 aromatic carbocycles. The van der Waals surface area contributed by atoms with E-state index in [0.717, 1.165) is 40.1 Å². The molecule has 0 unspecified atom stereocenters. The fraction of sp³-hybridized carbons (Fsp3) is 0.143. The first-order valence-electron chi connectivity index (χ1n) is 8.17. The van der Waals surface area contributed by atoms with Crippen LogP contribution in [0.1, 0.15) is 33.6 Å². The number of hydrogen-bond acceptors (Lipinski definition) is 3. The van der Waals surface area contributed by atoms with Crippen molar-refractivity contribution >= 4 is 28.5 Å². The second-order valence-electron chi connectivity index (χ2n) is 6.08. The number of nitrogens with zero attached hydrogens (tertiary/aromatic N) is 1. The van der Waals surface area contributed by atoms with Crippen LogP contribution in [-0.4, -0.2) is 23.2 Å². The first-order chi connectivity index (χ1) is 12.2. The van der Waals surface area contributed by atoms with Crippen molar-refractivity contribution in [3.05, 3.63) is 70.9 Å². The number of ether oxygens (including phenoxy) is 1. The van der Waals surface area contributed by atoms with Crippen LogP contribution in [0.4, 0.5) is 0 Å². The number of aromatic nitrogens is 1. The molecule has 0 saturated heterocycles. The number of carboxylic acids is 1. The maximum Gasteiger partial charge on any atom is 0.336 e. The first-order valence-corrected chi connectivity index (χ1v) is 8.17. The van der Waals surface area contributed by atoms with Crippen molar-refractivity contribution < 1.29 is 14.6 Å². The molecule has 4 heteroatoms. The molecule has 3 aromatic rings. The lowest BCUT2D eigenvalue weighted by molar-refractivity contribution is 0.0698. The highest BCUT2D eigenvalue weighted by atomic mass is 16.5. The van der Waals surface area contributed by atoms with Gasteiger partial charge in [0.1, 0.15) is 5.75 Å². The average molecular weight is 331 g/mol. The second kappa shape index (κ2) is 6.06. The molecule has 1 heterocycles. The molecule has 0 amide bonds. The van der Waals surface area contributed by atoms with Crippen LogP contribution in [-0.2, 0) is 6.42 Å². The van der Waals surface area contributed by atoms with E-state index in [4.69, 9.17) is 9.72 Å². The fourth-order valence-electron chi connectivity index (χ4n) is 3.42. The molecule has 4 rings (SSSR count). The summed E-state index contributed by atoms with van der Waals surface area (Å²) in [6.45, 7) is 0. The Bertz CT molecular complexity index is 1000. The summed E-state index contributed by atoms with van der Waals surface area (Å²) in [6.07, 6.45) is 3.58. The van der Waals surface area contributed by atoms with E-state index in [-0.39, 0.29) is 0 Å². The van der Waals surface area contributed by atoms with Crippen molar-refractivity contribution in [1.29, 1.82) is 0 Å². The highest BCUT2D eigenvalue weighted by Crippen LogP contribution is 2.37. The Morgan fingerprint density at radius 1 is 1.12 bits per heavy atom. The summed E-state index contributed by atoms with van der Waals surface area (Å²) >= 11 is 0. The van der Waals surface area contributed by atoms with Crippen LogP contribution in [0.5, 0.6) is 5.75 Å². The summed E-state index contributed by atoms with van der Waals surface area (Å²) in [5.41, 5.74) is 4.89. The van der Waals surface area contributed by atoms with Crippen molar-refractivity contribution in [1.82, 2.24) is 4.98 Å². The topological polar surface area (TPSA) is 59.4 Å². The van der Waals surface area contributed by atoms with E-state index in [1.165, 1.54) is 0 Å². The third-order valence-corrected chi connectivity index (χ3v) is 4.61. The number of carbonyl (C=O) groups is 1. The highest BCUT2D eigenvalue weighted by molar-refractivity contribution is 6.06. The molecule has 1 N–H and O–H groups in total. The lowest BCUT2D eigenvalue weighted by atomic mass is 10.0. The molecule has 0 fully saturated rings. The quantitative estimate of drug-likeness (QED) is 0.771. The molecule has 0 spiro atoms. The summed E-state index contributed by atoms with van der Waals surface area (Å²) in [5, 5.41) is 10.4. The molecule has 1 aromatic heterocycles. The number of para-hydroxylation sites is 1. The predicted octanol–water partition coefficient (Wildman–Crippen LogP) is 4.43. The average Bonchev–Trinajstić information content (AvgIpc) is 3.02. The number of hydrogen-bond donors (Lipinski definition) is 1. The number of pyridine rings is 1. The Balaban J connectivity index is 1.87. The van der Waals surface area contributed by atoms with Gasteiger partial charge in [-0.05, 0) is 53.8 Å². The number of allylic oxidation sites excluding steroid dienone is 1. The van der Waals surface area contributed by atoms with Gasteiger partial charge in [-0.3, -0.25) is 0 Å². The van der Waals surface area contributed by atoms with Gasteiger partial charge in [-0.25, -0.2) is 9.78 Å². The number of rotatable bonds is 3. The van der Waals surface area contributed by atoms with E-state index >= 15 is 0 Å². The minimum atomic E-state index is -0.888. The maximum atomic E-state index is 11.8. The van der Waals surface area contributed by atoms with Crippen molar-refractivity contribution in [2.45, 2.75) is 12.8 Å². The van der Waals surface area contributed by atoms with E-state index in [2.05, 4.69) is 6.08 Å². The summed E-state index contributed by atoms with van der Waals surface area (Å²) in [6, 6.07) is 15.2. The standard InChI is InChI=1S/C21H17NO3/c1-25-15-9-6-13(7-10-15)12-14-8-11-17-19(21(23)24)16-4-2-3-5-18(16)22-20(14)17/h2-7,9-10,12H,8,11H2,1H3,(H,23,24). The SMILES string of the molecule is COc1ccc(C=C2CCc3c2nc2ccccc2c3C(=O)O)cc1. The monoisotopic (exact) mass is 331 g/mol. The fourth-order valence-corrected chi connectivity index (χ4v) is 3.42. The highest BCUT2D eigenvalue weighted by Gasteiger charge is 2.26. The van der Waals surface area contributed by atoms with Crippen LogP contribution in [0.25, 0.3) is 22.6 Å². The molecular formula is C21H17NO3. The molecule has 4 nitrogen and oxygen atoms in total. The predicted molar refractivity (Wildman–Crippen MR) is 97.9 cm³/mol. The van der Waals surface area contributed by atoms with Gasteiger partial charge in [0.15, 0.2) is 0 Å². The van der Waals surface area contributed by atoms with Crippen molar-refractivity contribution in [2.24, 2.45) is 0 Å². The second-order valence-corrected chi connectivity index (χ2v) is 6.08. The van der Waals surface area contributed by atoms with Crippen LogP contribution in [0.3, 0.4) is 0 Å². The zero-order valence-electron chi connectivity index (χ0n) is 13.8. The molecule has 1 aliphatic carbocycles. The Labute approximate surface area is 145 Å². The van der Waals surface area contributed by atoms with Gasteiger partial charge in [0.05, 0.1) is 23.9 Å². The molecule has 0 aliphatic heterocycles. The van der Waals surface area contributed by atoms with Crippen LogP contribution >= 0.6 is 0 Å². The Morgan fingerprint density at radius 3 is 2.60 bits per heavy atom. The van der Waals surface area contributed by atoms with E-state index in [0.29, 0.717) is 17.4 Å². The van der Waals surface area contributed by atoms with Gasteiger partial charge in [-0.2, -0.15) is 0 Å². The van der Waals surface area contributed by atoms with Gasteiger partial charge >= 0.3 is 5.97 Å². The first kappa shape index (κ1) is 15.4. The minimum absolute atomic E-state index is 0.388. The van der Waals surface area contributed by atoms with Gasteiger partial charge < -0.3 is 9.84 Å². The molecule has 0 radical (unpaired) electrons. The lowest BCUT2D eigenvalue weighted by Crippen LogP contribution is -2.05. The zero-order chi connectivity index (χ0) is 17.4. The van der Waals surface area contributed by atoms with E-state index in [1.54, 1.807) is 7.11 Å². The molecule has 0 saturated carbocycles. The number of aromatic carboxylic acids is 1. The third kappa shape index (κ3) is 2.66. The van der Waals surface area contributed by atoms with Gasteiger partial charge in [0.2, 0.25) is 0 Å². The molecule has 0 atom stereocenters. The van der Waals surface area contributed by atoms with Gasteiger partial charge in [0.25, 0.3) is 0 Å². The Kier molecular flexibility index (Phi) is 3.73. The van der Waals surface area contributed by atoms with Crippen LogP contribution < -0.4 is 4.74 Å². The Hall–Kier alpha value is -3.14. The molecule has 1 aliphatic rings. The summed E-state index contributed by atoms with van der Waals surface area (Å²) < 4.78 is 5.19. The zero-order valence-corrected chi connectivity index (χ0v) is 13.8. The molecule has 0 bridgehead atoms. The van der Waals surface area contributed by atoms with Crippen molar-refractivity contribution in [3.63, 3.8) is 0 Å². The van der Waals surface area contributed by atoms with Gasteiger partial charge in [-0.1, -0.05) is 30.3 Å². The van der Waals surface area contributed by atoms with E-state index < -0.39 is 5.97 Å². The number of fused-ring (bicyclic) bond motifs is 2.